The number of ketones is 1. The number of benzene rings is 2. The number of amides is 2. The number of piperidine rings is 1. The lowest BCUT2D eigenvalue weighted by Crippen LogP contribution is -2.48. The summed E-state index contributed by atoms with van der Waals surface area (Å²) in [4.78, 5) is 26.9. The minimum Gasteiger partial charge on any atom is -0.335 e. The Bertz CT molecular complexity index is 970. The van der Waals surface area contributed by atoms with Gasteiger partial charge in [0.1, 0.15) is 5.82 Å². The van der Waals surface area contributed by atoms with Crippen LogP contribution in [0.25, 0.3) is 0 Å². The highest BCUT2D eigenvalue weighted by Gasteiger charge is 2.30. The third kappa shape index (κ3) is 6.89. The number of Topliss-reactive ketones (excluding diaryl/α,β-unsaturated/α-hetero) is 1. The molecule has 1 heterocycles. The van der Waals surface area contributed by atoms with Gasteiger partial charge in [-0.2, -0.15) is 0 Å². The van der Waals surface area contributed by atoms with E-state index in [2.05, 4.69) is 15.5 Å². The molecule has 5 nitrogen and oxygen atoms in total. The van der Waals surface area contributed by atoms with Crippen molar-refractivity contribution in [2.75, 3.05) is 25.0 Å². The van der Waals surface area contributed by atoms with Gasteiger partial charge in [-0.15, -0.1) is 0 Å². The second kappa shape index (κ2) is 11.6. The van der Waals surface area contributed by atoms with Crippen LogP contribution >= 0.6 is 0 Å². The number of nitrogens with one attached hydrogen (secondary N) is 2. The molecule has 4 rings (SSSR count). The molecule has 0 bridgehead atoms. The van der Waals surface area contributed by atoms with Gasteiger partial charge in [-0.1, -0.05) is 37.1 Å². The first-order valence-electron chi connectivity index (χ1n) is 12.6. The van der Waals surface area contributed by atoms with E-state index in [1.165, 1.54) is 18.9 Å². The highest BCUT2D eigenvalue weighted by atomic mass is 19.1. The van der Waals surface area contributed by atoms with Crippen molar-refractivity contribution in [2.45, 2.75) is 57.9 Å². The van der Waals surface area contributed by atoms with E-state index in [9.17, 15) is 14.0 Å². The Kier molecular flexibility index (Phi) is 8.33. The Morgan fingerprint density at radius 3 is 2.47 bits per heavy atom. The summed E-state index contributed by atoms with van der Waals surface area (Å²) >= 11 is 0. The molecule has 2 unspecified atom stereocenters. The van der Waals surface area contributed by atoms with Crippen LogP contribution in [0.3, 0.4) is 0 Å². The number of likely N-dealkylation sites (tertiary alicyclic amines) is 1. The lowest BCUT2D eigenvalue weighted by atomic mass is 9.83. The second-order valence-electron chi connectivity index (χ2n) is 9.96. The van der Waals surface area contributed by atoms with Gasteiger partial charge in [0.15, 0.2) is 5.78 Å². The Morgan fingerprint density at radius 2 is 1.74 bits per heavy atom. The van der Waals surface area contributed by atoms with E-state index in [4.69, 9.17) is 0 Å². The van der Waals surface area contributed by atoms with Crippen molar-refractivity contribution in [3.8, 4) is 0 Å². The lowest BCUT2D eigenvalue weighted by Gasteiger charge is -2.39. The molecule has 0 aromatic heterocycles. The van der Waals surface area contributed by atoms with Crippen LogP contribution in [0.2, 0.25) is 0 Å². The third-order valence-corrected chi connectivity index (χ3v) is 7.39. The SMILES string of the molecule is CC(=O)c1cccc(NC(=O)NC2CCCCC2CN2CCC(Cc3ccc(F)cc3)CC2)c1. The van der Waals surface area contributed by atoms with Gasteiger partial charge in [0, 0.05) is 23.8 Å². The molecule has 2 fully saturated rings. The van der Waals surface area contributed by atoms with E-state index in [0.29, 0.717) is 23.1 Å². The maximum atomic E-state index is 13.2. The Labute approximate surface area is 202 Å². The summed E-state index contributed by atoms with van der Waals surface area (Å²) in [5, 5.41) is 6.11. The Morgan fingerprint density at radius 1 is 1.00 bits per heavy atom. The fraction of sp³-hybridized carbons (Fsp3) is 0.500. The number of urea groups is 1. The van der Waals surface area contributed by atoms with Crippen molar-refractivity contribution in [3.05, 3.63) is 65.5 Å². The molecule has 2 amide bonds. The van der Waals surface area contributed by atoms with E-state index in [1.807, 2.05) is 12.1 Å². The average molecular weight is 466 g/mol. The largest absolute Gasteiger partial charge is 0.335 e. The molecular weight excluding hydrogens is 429 g/mol. The summed E-state index contributed by atoms with van der Waals surface area (Å²) in [6.07, 6.45) is 7.84. The molecule has 2 aromatic rings. The van der Waals surface area contributed by atoms with Crippen molar-refractivity contribution in [3.63, 3.8) is 0 Å². The average Bonchev–Trinajstić information content (AvgIpc) is 2.83. The topological polar surface area (TPSA) is 61.4 Å². The van der Waals surface area contributed by atoms with Crippen LogP contribution in [0.4, 0.5) is 14.9 Å². The molecule has 0 spiro atoms. The first-order chi connectivity index (χ1) is 16.5. The normalized spacial score (nSPS) is 21.7. The van der Waals surface area contributed by atoms with Gasteiger partial charge in [0.2, 0.25) is 0 Å². The second-order valence-corrected chi connectivity index (χ2v) is 9.96. The van der Waals surface area contributed by atoms with Crippen LogP contribution < -0.4 is 10.6 Å². The van der Waals surface area contributed by atoms with Crippen molar-refractivity contribution in [1.82, 2.24) is 10.2 Å². The highest BCUT2D eigenvalue weighted by molar-refractivity contribution is 5.96. The molecule has 1 aliphatic carbocycles. The zero-order chi connectivity index (χ0) is 23.9. The standard InChI is InChI=1S/C28H36FN3O2/c1-20(33)23-6-4-7-26(18-23)30-28(34)31-27-8-3-2-5-24(27)19-32-15-13-22(14-16-32)17-21-9-11-25(29)12-10-21/h4,6-7,9-12,18,22,24,27H,2-3,5,8,13-17,19H2,1H3,(H2,30,31,34). The number of halogens is 1. The predicted octanol–water partition coefficient (Wildman–Crippen LogP) is 5.66. The number of nitrogens with zero attached hydrogens (tertiary/aromatic N) is 1. The van der Waals surface area contributed by atoms with Crippen LogP contribution in [-0.4, -0.2) is 42.4 Å². The monoisotopic (exact) mass is 465 g/mol. The van der Waals surface area contributed by atoms with E-state index < -0.39 is 0 Å². The summed E-state index contributed by atoms with van der Waals surface area (Å²) in [6.45, 7) is 4.71. The van der Waals surface area contributed by atoms with Crippen LogP contribution in [0.15, 0.2) is 48.5 Å². The minimum absolute atomic E-state index is 0.0159. The molecule has 1 saturated carbocycles. The van der Waals surface area contributed by atoms with Crippen molar-refractivity contribution in [2.24, 2.45) is 11.8 Å². The van der Waals surface area contributed by atoms with E-state index in [1.54, 1.807) is 36.4 Å². The van der Waals surface area contributed by atoms with Gasteiger partial charge < -0.3 is 15.5 Å². The van der Waals surface area contributed by atoms with E-state index >= 15 is 0 Å². The first-order valence-corrected chi connectivity index (χ1v) is 12.6. The summed E-state index contributed by atoms with van der Waals surface area (Å²) in [7, 11) is 0. The smallest absolute Gasteiger partial charge is 0.319 e. The molecule has 34 heavy (non-hydrogen) atoms. The molecule has 1 saturated heterocycles. The number of carbonyl (C=O) groups is 2. The van der Waals surface area contributed by atoms with Gasteiger partial charge in [-0.3, -0.25) is 4.79 Å². The van der Waals surface area contributed by atoms with Crippen molar-refractivity contribution in [1.29, 1.82) is 0 Å². The van der Waals surface area contributed by atoms with Crippen LogP contribution in [0.1, 0.15) is 61.4 Å². The molecular formula is C28H36FN3O2. The van der Waals surface area contributed by atoms with Gasteiger partial charge in [-0.05, 0) is 93.8 Å². The van der Waals surface area contributed by atoms with Crippen LogP contribution in [0, 0.1) is 17.7 Å². The summed E-state index contributed by atoms with van der Waals surface area (Å²) in [5.41, 5.74) is 2.45. The molecule has 2 N–H and O–H groups in total. The molecule has 2 aliphatic rings. The highest BCUT2D eigenvalue weighted by Crippen LogP contribution is 2.28. The summed E-state index contributed by atoms with van der Waals surface area (Å²) in [6, 6.07) is 14.0. The summed E-state index contributed by atoms with van der Waals surface area (Å²) in [5.74, 6) is 0.917. The summed E-state index contributed by atoms with van der Waals surface area (Å²) < 4.78 is 13.2. The van der Waals surface area contributed by atoms with E-state index in [0.717, 1.165) is 58.2 Å². The van der Waals surface area contributed by atoms with Crippen molar-refractivity contribution >= 4 is 17.5 Å². The third-order valence-electron chi connectivity index (χ3n) is 7.39. The zero-order valence-corrected chi connectivity index (χ0v) is 20.1. The molecule has 2 atom stereocenters. The molecule has 0 radical (unpaired) electrons. The Balaban J connectivity index is 1.25. The number of hydrogen-bond acceptors (Lipinski definition) is 3. The number of hydrogen-bond donors (Lipinski definition) is 2. The Hall–Kier alpha value is -2.73. The number of anilines is 1. The van der Waals surface area contributed by atoms with Gasteiger partial charge in [-0.25, -0.2) is 9.18 Å². The van der Waals surface area contributed by atoms with Crippen LogP contribution in [0.5, 0.6) is 0 Å². The number of carbonyl (C=O) groups excluding carboxylic acids is 2. The predicted molar refractivity (Wildman–Crippen MR) is 134 cm³/mol. The first kappa shape index (κ1) is 24.4. The molecule has 182 valence electrons. The molecule has 1 aliphatic heterocycles. The van der Waals surface area contributed by atoms with Gasteiger partial charge in [0.25, 0.3) is 0 Å². The zero-order valence-electron chi connectivity index (χ0n) is 20.1. The quantitative estimate of drug-likeness (QED) is 0.519. The maximum Gasteiger partial charge on any atom is 0.319 e. The lowest BCUT2D eigenvalue weighted by molar-refractivity contribution is 0.101. The molecule has 2 aromatic carbocycles. The minimum atomic E-state index is -0.199. The van der Waals surface area contributed by atoms with Crippen LogP contribution in [-0.2, 0) is 6.42 Å². The van der Waals surface area contributed by atoms with Gasteiger partial charge in [0.05, 0.1) is 0 Å². The maximum absolute atomic E-state index is 13.2. The van der Waals surface area contributed by atoms with Crippen molar-refractivity contribution < 1.29 is 14.0 Å². The fourth-order valence-corrected chi connectivity index (χ4v) is 5.43. The molecule has 6 heteroatoms. The van der Waals surface area contributed by atoms with Gasteiger partial charge >= 0.3 is 6.03 Å². The van der Waals surface area contributed by atoms with E-state index in [-0.39, 0.29) is 23.7 Å². The number of rotatable bonds is 7. The fourth-order valence-electron chi connectivity index (χ4n) is 5.43.